The van der Waals surface area contributed by atoms with E-state index in [1.165, 1.54) is 6.07 Å². The van der Waals surface area contributed by atoms with Crippen LogP contribution in [0.3, 0.4) is 0 Å². The molecule has 0 aromatic heterocycles. The van der Waals surface area contributed by atoms with Crippen LogP contribution >= 0.6 is 15.9 Å². The quantitative estimate of drug-likeness (QED) is 0.787. The van der Waals surface area contributed by atoms with Crippen LogP contribution in [0.4, 0.5) is 4.39 Å². The van der Waals surface area contributed by atoms with Crippen molar-refractivity contribution in [1.29, 1.82) is 0 Å². The van der Waals surface area contributed by atoms with Gasteiger partial charge < -0.3 is 0 Å². The third-order valence-electron chi connectivity index (χ3n) is 3.05. The highest BCUT2D eigenvalue weighted by atomic mass is 79.9. The highest BCUT2D eigenvalue weighted by molar-refractivity contribution is 9.10. The van der Waals surface area contributed by atoms with Gasteiger partial charge in [-0.3, -0.25) is 14.5 Å². The van der Waals surface area contributed by atoms with Crippen LogP contribution in [-0.4, -0.2) is 16.7 Å². The van der Waals surface area contributed by atoms with E-state index in [4.69, 9.17) is 0 Å². The molecule has 1 heterocycles. The Balaban J connectivity index is 2.27. The van der Waals surface area contributed by atoms with Crippen molar-refractivity contribution < 1.29 is 14.0 Å². The number of hydrogen-bond donors (Lipinski definition) is 0. The van der Waals surface area contributed by atoms with E-state index in [1.807, 2.05) is 0 Å². The zero-order chi connectivity index (χ0) is 13.5. The van der Waals surface area contributed by atoms with E-state index >= 15 is 0 Å². The van der Waals surface area contributed by atoms with Crippen molar-refractivity contribution in [2.75, 3.05) is 0 Å². The van der Waals surface area contributed by atoms with Crippen LogP contribution in [0.2, 0.25) is 0 Å². The molecule has 1 fully saturated rings. The average Bonchev–Trinajstić information content (AvgIpc) is 2.46. The number of carbonyl (C=O) groups is 2. The number of hydrogen-bond acceptors (Lipinski definition) is 2. The summed E-state index contributed by atoms with van der Waals surface area (Å²) >= 11 is 3.24. The second-order valence-electron chi connectivity index (χ2n) is 5.08. The summed E-state index contributed by atoms with van der Waals surface area (Å²) in [5.74, 6) is -0.903. The minimum absolute atomic E-state index is 0.00757. The average molecular weight is 314 g/mol. The van der Waals surface area contributed by atoms with Gasteiger partial charge >= 0.3 is 0 Å². The SMILES string of the molecule is CC1(C)CC(=O)N(Cc2cc(Br)ccc2F)C1=O. The molecule has 1 aromatic carbocycles. The summed E-state index contributed by atoms with van der Waals surface area (Å²) in [5.41, 5.74) is -0.344. The first-order valence-corrected chi connectivity index (χ1v) is 6.39. The molecule has 18 heavy (non-hydrogen) atoms. The summed E-state index contributed by atoms with van der Waals surface area (Å²) in [4.78, 5) is 24.9. The second-order valence-corrected chi connectivity index (χ2v) is 6.00. The smallest absolute Gasteiger partial charge is 0.235 e. The van der Waals surface area contributed by atoms with Crippen LogP contribution in [0.1, 0.15) is 25.8 Å². The van der Waals surface area contributed by atoms with E-state index in [9.17, 15) is 14.0 Å². The number of rotatable bonds is 2. The summed E-state index contributed by atoms with van der Waals surface area (Å²) in [7, 11) is 0. The number of amides is 2. The lowest BCUT2D eigenvalue weighted by Crippen LogP contribution is -2.32. The normalized spacial score (nSPS) is 18.6. The molecule has 96 valence electrons. The maximum absolute atomic E-state index is 13.6. The molecule has 5 heteroatoms. The fourth-order valence-corrected chi connectivity index (χ4v) is 2.43. The Morgan fingerprint density at radius 1 is 1.39 bits per heavy atom. The number of halogens is 2. The zero-order valence-electron chi connectivity index (χ0n) is 10.2. The van der Waals surface area contributed by atoms with E-state index in [-0.39, 0.29) is 24.8 Å². The number of nitrogens with zero attached hydrogens (tertiary/aromatic N) is 1. The fraction of sp³-hybridized carbons (Fsp3) is 0.385. The molecule has 3 nitrogen and oxygen atoms in total. The maximum atomic E-state index is 13.6. The molecule has 2 amide bonds. The molecule has 2 rings (SSSR count). The van der Waals surface area contributed by atoms with Crippen LogP contribution in [0.15, 0.2) is 22.7 Å². The number of benzene rings is 1. The topological polar surface area (TPSA) is 37.4 Å². The minimum atomic E-state index is -0.681. The maximum Gasteiger partial charge on any atom is 0.235 e. The first-order chi connectivity index (χ1) is 8.31. The fourth-order valence-electron chi connectivity index (χ4n) is 2.02. The Morgan fingerprint density at radius 2 is 2.06 bits per heavy atom. The third-order valence-corrected chi connectivity index (χ3v) is 3.55. The van der Waals surface area contributed by atoms with Gasteiger partial charge in [0.05, 0.1) is 12.0 Å². The molecule has 1 aliphatic heterocycles. The van der Waals surface area contributed by atoms with Gasteiger partial charge in [0.1, 0.15) is 5.82 Å². The lowest BCUT2D eigenvalue weighted by Gasteiger charge is -2.18. The molecule has 0 unspecified atom stereocenters. The monoisotopic (exact) mass is 313 g/mol. The molecule has 0 N–H and O–H groups in total. The summed E-state index contributed by atoms with van der Waals surface area (Å²) in [6.07, 6.45) is 0.182. The van der Waals surface area contributed by atoms with Gasteiger partial charge in [0.25, 0.3) is 0 Å². The Morgan fingerprint density at radius 3 is 2.61 bits per heavy atom. The third kappa shape index (κ3) is 2.32. The number of carbonyl (C=O) groups excluding carboxylic acids is 2. The first-order valence-electron chi connectivity index (χ1n) is 5.60. The highest BCUT2D eigenvalue weighted by Gasteiger charge is 2.44. The number of likely N-dealkylation sites (tertiary alicyclic amines) is 1. The van der Waals surface area contributed by atoms with E-state index < -0.39 is 11.2 Å². The van der Waals surface area contributed by atoms with Gasteiger partial charge in [0, 0.05) is 16.5 Å². The van der Waals surface area contributed by atoms with Crippen molar-refractivity contribution >= 4 is 27.7 Å². The van der Waals surface area contributed by atoms with Crippen molar-refractivity contribution in [2.45, 2.75) is 26.8 Å². The van der Waals surface area contributed by atoms with Crippen molar-refractivity contribution in [3.05, 3.63) is 34.1 Å². The molecule has 0 bridgehead atoms. The van der Waals surface area contributed by atoms with Gasteiger partial charge in [-0.2, -0.15) is 0 Å². The summed E-state index contributed by atoms with van der Waals surface area (Å²) in [5, 5.41) is 0. The minimum Gasteiger partial charge on any atom is -0.278 e. The van der Waals surface area contributed by atoms with Crippen molar-refractivity contribution in [1.82, 2.24) is 4.90 Å². The summed E-state index contributed by atoms with van der Waals surface area (Å²) < 4.78 is 14.3. The first kappa shape index (κ1) is 13.2. The zero-order valence-corrected chi connectivity index (χ0v) is 11.8. The van der Waals surface area contributed by atoms with Gasteiger partial charge in [-0.05, 0) is 18.2 Å². The Labute approximate surface area is 113 Å². The molecule has 0 spiro atoms. The largest absolute Gasteiger partial charge is 0.278 e. The van der Waals surface area contributed by atoms with Crippen LogP contribution in [0.5, 0.6) is 0 Å². The Kier molecular flexibility index (Phi) is 3.27. The van der Waals surface area contributed by atoms with Gasteiger partial charge in [-0.1, -0.05) is 29.8 Å². The molecule has 0 saturated carbocycles. The second kappa shape index (κ2) is 4.46. The van der Waals surface area contributed by atoms with Crippen LogP contribution in [0.25, 0.3) is 0 Å². The van der Waals surface area contributed by atoms with Crippen molar-refractivity contribution in [3.63, 3.8) is 0 Å². The lowest BCUT2D eigenvalue weighted by molar-refractivity contribution is -0.141. The summed E-state index contributed by atoms with van der Waals surface area (Å²) in [6, 6.07) is 4.48. The highest BCUT2D eigenvalue weighted by Crippen LogP contribution is 2.33. The van der Waals surface area contributed by atoms with Crippen LogP contribution < -0.4 is 0 Å². The standard InChI is InChI=1S/C13H13BrFNO2/c1-13(2)6-11(17)16(12(13)18)7-8-5-9(14)3-4-10(8)15/h3-5H,6-7H2,1-2H3. The lowest BCUT2D eigenvalue weighted by atomic mass is 9.92. The molecule has 0 aliphatic carbocycles. The molecule has 1 saturated heterocycles. The predicted molar refractivity (Wildman–Crippen MR) is 68.1 cm³/mol. The molecular formula is C13H13BrFNO2. The molecular weight excluding hydrogens is 301 g/mol. The number of imide groups is 1. The van der Waals surface area contributed by atoms with Gasteiger partial charge in [-0.15, -0.1) is 0 Å². The van der Waals surface area contributed by atoms with E-state index in [1.54, 1.807) is 26.0 Å². The van der Waals surface area contributed by atoms with Crippen molar-refractivity contribution in [3.8, 4) is 0 Å². The predicted octanol–water partition coefficient (Wildman–Crippen LogP) is 2.87. The Hall–Kier alpha value is -1.23. The molecule has 1 aliphatic rings. The molecule has 0 atom stereocenters. The van der Waals surface area contributed by atoms with Gasteiger partial charge in [-0.25, -0.2) is 4.39 Å². The van der Waals surface area contributed by atoms with Crippen LogP contribution in [0, 0.1) is 11.2 Å². The molecule has 1 aromatic rings. The van der Waals surface area contributed by atoms with E-state index in [2.05, 4.69) is 15.9 Å². The van der Waals surface area contributed by atoms with Crippen molar-refractivity contribution in [2.24, 2.45) is 5.41 Å². The Bertz CT molecular complexity index is 528. The molecule has 0 radical (unpaired) electrons. The van der Waals surface area contributed by atoms with Gasteiger partial charge in [0.15, 0.2) is 0 Å². The van der Waals surface area contributed by atoms with Gasteiger partial charge in [0.2, 0.25) is 11.8 Å². The van der Waals surface area contributed by atoms with Crippen LogP contribution in [-0.2, 0) is 16.1 Å². The van der Waals surface area contributed by atoms with E-state index in [0.717, 1.165) is 9.37 Å². The summed E-state index contributed by atoms with van der Waals surface area (Å²) in [6.45, 7) is 3.45. The van der Waals surface area contributed by atoms with E-state index in [0.29, 0.717) is 5.56 Å².